The highest BCUT2D eigenvalue weighted by Gasteiger charge is 2.19. The zero-order valence-corrected chi connectivity index (χ0v) is 14.0. The molecule has 0 aliphatic heterocycles. The minimum absolute atomic E-state index is 0.226. The predicted octanol–water partition coefficient (Wildman–Crippen LogP) is 2.51. The van der Waals surface area contributed by atoms with E-state index in [1.165, 1.54) is 0 Å². The Morgan fingerprint density at radius 2 is 1.81 bits per heavy atom. The number of sulfonamides is 1. The van der Waals surface area contributed by atoms with E-state index in [0.29, 0.717) is 12.5 Å². The van der Waals surface area contributed by atoms with Crippen LogP contribution in [0.5, 0.6) is 0 Å². The van der Waals surface area contributed by atoms with Gasteiger partial charge in [0.05, 0.1) is 4.90 Å². The van der Waals surface area contributed by atoms with Crippen molar-refractivity contribution in [2.24, 2.45) is 4.99 Å². The number of hydrogen-bond donors (Lipinski definition) is 2. The molecule has 21 heavy (non-hydrogen) atoms. The first kappa shape index (κ1) is 17.5. The number of aliphatic imine (C=N–C) groups is 1. The zero-order valence-electron chi connectivity index (χ0n) is 13.2. The fraction of sp³-hybridized carbons (Fsp3) is 0.533. The summed E-state index contributed by atoms with van der Waals surface area (Å²) in [5.41, 5.74) is -0.274. The molecule has 0 atom stereocenters. The number of guanidine groups is 1. The molecule has 0 aliphatic carbocycles. The van der Waals surface area contributed by atoms with Crippen molar-refractivity contribution in [2.75, 3.05) is 6.54 Å². The van der Waals surface area contributed by atoms with Crippen molar-refractivity contribution in [1.29, 1.82) is 0 Å². The predicted molar refractivity (Wildman–Crippen MR) is 86.9 cm³/mol. The number of rotatable bonds is 5. The summed E-state index contributed by atoms with van der Waals surface area (Å²) in [5.74, 6) is 0.291. The molecule has 6 heteroatoms. The summed E-state index contributed by atoms with van der Waals surface area (Å²) in [6, 6.07) is 8.29. The Hall–Kier alpha value is -1.56. The molecule has 1 aromatic rings. The lowest BCUT2D eigenvalue weighted by Gasteiger charge is -2.24. The van der Waals surface area contributed by atoms with Crippen LogP contribution >= 0.6 is 0 Å². The summed E-state index contributed by atoms with van der Waals surface area (Å²) in [7, 11) is -3.61. The van der Waals surface area contributed by atoms with Crippen molar-refractivity contribution in [3.63, 3.8) is 0 Å². The standard InChI is InChI=1S/C15H25N3O2S/c1-5-6-12-16-14(17-15(2,3)4)18-21(19,20)13-10-8-7-9-11-13/h7-11H,5-6,12H2,1-4H3,(H2,16,17,18). The highest BCUT2D eigenvalue weighted by molar-refractivity contribution is 7.90. The lowest BCUT2D eigenvalue weighted by atomic mass is 10.1. The number of nitrogens with zero attached hydrogens (tertiary/aromatic N) is 1. The lowest BCUT2D eigenvalue weighted by Crippen LogP contribution is -2.49. The second-order valence-corrected chi connectivity index (χ2v) is 7.56. The molecular weight excluding hydrogens is 286 g/mol. The molecule has 118 valence electrons. The van der Waals surface area contributed by atoms with E-state index in [1.54, 1.807) is 30.3 Å². The van der Waals surface area contributed by atoms with E-state index in [1.807, 2.05) is 20.8 Å². The number of nitrogens with one attached hydrogen (secondary N) is 2. The van der Waals surface area contributed by atoms with Gasteiger partial charge in [0, 0.05) is 12.1 Å². The first-order valence-electron chi connectivity index (χ1n) is 7.15. The van der Waals surface area contributed by atoms with Gasteiger partial charge in [-0.15, -0.1) is 0 Å². The van der Waals surface area contributed by atoms with Crippen LogP contribution in [0.15, 0.2) is 40.2 Å². The van der Waals surface area contributed by atoms with Crippen LogP contribution in [0.4, 0.5) is 0 Å². The smallest absolute Gasteiger partial charge is 0.264 e. The Labute approximate surface area is 127 Å². The summed E-state index contributed by atoms with van der Waals surface area (Å²) < 4.78 is 27.2. The fourth-order valence-corrected chi connectivity index (χ4v) is 2.59. The van der Waals surface area contributed by atoms with Crippen molar-refractivity contribution in [1.82, 2.24) is 10.0 Å². The van der Waals surface area contributed by atoms with Gasteiger partial charge < -0.3 is 5.32 Å². The van der Waals surface area contributed by atoms with Gasteiger partial charge in [0.25, 0.3) is 10.0 Å². The van der Waals surface area contributed by atoms with Crippen LogP contribution in [0.2, 0.25) is 0 Å². The summed E-state index contributed by atoms with van der Waals surface area (Å²) >= 11 is 0. The molecule has 0 amide bonds. The molecule has 1 rings (SSSR count). The maximum atomic E-state index is 12.3. The monoisotopic (exact) mass is 311 g/mol. The quantitative estimate of drug-likeness (QED) is 0.499. The normalized spacial score (nSPS) is 13.0. The lowest BCUT2D eigenvalue weighted by molar-refractivity contribution is 0.504. The minimum atomic E-state index is -3.61. The summed E-state index contributed by atoms with van der Waals surface area (Å²) in [4.78, 5) is 4.55. The Balaban J connectivity index is 2.92. The summed E-state index contributed by atoms with van der Waals surface area (Å²) in [6.07, 6.45) is 1.93. The number of benzene rings is 1. The van der Waals surface area contributed by atoms with Crippen LogP contribution in [0, 0.1) is 0 Å². The van der Waals surface area contributed by atoms with Crippen molar-refractivity contribution in [2.45, 2.75) is 51.0 Å². The largest absolute Gasteiger partial charge is 0.351 e. The molecule has 1 aromatic carbocycles. The Morgan fingerprint density at radius 3 is 2.33 bits per heavy atom. The van der Waals surface area contributed by atoms with Gasteiger partial charge in [-0.1, -0.05) is 31.5 Å². The third-order valence-corrected chi connectivity index (χ3v) is 3.91. The average molecular weight is 311 g/mol. The van der Waals surface area contributed by atoms with E-state index in [-0.39, 0.29) is 10.4 Å². The fourth-order valence-electron chi connectivity index (χ4n) is 1.59. The van der Waals surface area contributed by atoms with Crippen molar-refractivity contribution < 1.29 is 8.42 Å². The molecular formula is C15H25N3O2S. The Kier molecular flexibility index (Phi) is 6.20. The van der Waals surface area contributed by atoms with Gasteiger partial charge in [0.1, 0.15) is 0 Å². The van der Waals surface area contributed by atoms with Gasteiger partial charge in [-0.05, 0) is 39.3 Å². The molecule has 0 spiro atoms. The van der Waals surface area contributed by atoms with Crippen molar-refractivity contribution in [3.8, 4) is 0 Å². The van der Waals surface area contributed by atoms with Crippen LogP contribution in [-0.2, 0) is 10.0 Å². The van der Waals surface area contributed by atoms with Gasteiger partial charge >= 0.3 is 0 Å². The Bertz CT molecular complexity index is 560. The first-order valence-corrected chi connectivity index (χ1v) is 8.63. The molecule has 0 saturated carbocycles. The van der Waals surface area contributed by atoms with Gasteiger partial charge in [0.15, 0.2) is 0 Å². The molecule has 0 fully saturated rings. The van der Waals surface area contributed by atoms with Gasteiger partial charge in [0.2, 0.25) is 5.96 Å². The highest BCUT2D eigenvalue weighted by Crippen LogP contribution is 2.07. The van der Waals surface area contributed by atoms with E-state index < -0.39 is 10.0 Å². The van der Waals surface area contributed by atoms with E-state index in [4.69, 9.17) is 0 Å². The summed E-state index contributed by atoms with van der Waals surface area (Å²) in [5, 5.41) is 3.10. The van der Waals surface area contributed by atoms with Gasteiger partial charge in [-0.2, -0.15) is 0 Å². The molecule has 0 unspecified atom stereocenters. The molecule has 0 bridgehead atoms. The molecule has 0 saturated heterocycles. The number of unbranched alkanes of at least 4 members (excludes halogenated alkanes) is 1. The summed E-state index contributed by atoms with van der Waals surface area (Å²) in [6.45, 7) is 8.53. The topological polar surface area (TPSA) is 70.6 Å². The van der Waals surface area contributed by atoms with Gasteiger partial charge in [-0.3, -0.25) is 4.99 Å². The molecule has 0 heterocycles. The average Bonchev–Trinajstić information content (AvgIpc) is 2.37. The van der Waals surface area contributed by atoms with Gasteiger partial charge in [-0.25, -0.2) is 13.1 Å². The van der Waals surface area contributed by atoms with Crippen LogP contribution in [0.3, 0.4) is 0 Å². The molecule has 5 nitrogen and oxygen atoms in total. The van der Waals surface area contributed by atoms with Crippen LogP contribution < -0.4 is 10.0 Å². The van der Waals surface area contributed by atoms with Crippen LogP contribution in [0.25, 0.3) is 0 Å². The van der Waals surface area contributed by atoms with Crippen molar-refractivity contribution in [3.05, 3.63) is 30.3 Å². The van der Waals surface area contributed by atoms with E-state index in [0.717, 1.165) is 12.8 Å². The maximum absolute atomic E-state index is 12.3. The third kappa shape index (κ3) is 6.62. The molecule has 2 N–H and O–H groups in total. The second kappa shape index (κ2) is 7.45. The van der Waals surface area contributed by atoms with E-state index >= 15 is 0 Å². The van der Waals surface area contributed by atoms with Crippen LogP contribution in [-0.4, -0.2) is 26.5 Å². The highest BCUT2D eigenvalue weighted by atomic mass is 32.2. The number of hydrogen-bond acceptors (Lipinski definition) is 3. The first-order chi connectivity index (χ1) is 9.74. The Morgan fingerprint density at radius 1 is 1.19 bits per heavy atom. The molecule has 0 aromatic heterocycles. The molecule has 0 aliphatic rings. The minimum Gasteiger partial charge on any atom is -0.351 e. The van der Waals surface area contributed by atoms with Crippen LogP contribution in [0.1, 0.15) is 40.5 Å². The van der Waals surface area contributed by atoms with E-state index in [9.17, 15) is 8.42 Å². The van der Waals surface area contributed by atoms with Crippen molar-refractivity contribution >= 4 is 16.0 Å². The second-order valence-electron chi connectivity index (χ2n) is 5.88. The SMILES string of the molecule is CCCCN=C(NC(C)(C)C)NS(=O)(=O)c1ccccc1. The maximum Gasteiger partial charge on any atom is 0.264 e. The molecule has 0 radical (unpaired) electrons. The third-order valence-electron chi connectivity index (χ3n) is 2.56. The van der Waals surface area contributed by atoms with E-state index in [2.05, 4.69) is 22.0 Å². The zero-order chi connectivity index (χ0) is 15.9.